The number of hydrogen-bond acceptors (Lipinski definition) is 4. The maximum atomic E-state index is 13.3. The first-order valence-corrected chi connectivity index (χ1v) is 9.24. The molecule has 1 aliphatic rings. The fraction of sp³-hybridized carbons (Fsp3) is 0.550. The molecule has 0 N–H and O–H groups in total. The van der Waals surface area contributed by atoms with Crippen LogP contribution >= 0.6 is 0 Å². The molecule has 2 aromatic rings. The number of carbonyl (C=O) groups is 1. The minimum Gasteiger partial charge on any atom is -0.341 e. The van der Waals surface area contributed by atoms with Crippen molar-refractivity contribution in [3.8, 4) is 0 Å². The van der Waals surface area contributed by atoms with E-state index in [2.05, 4.69) is 36.1 Å². The molecular weight excluding hydrogens is 314 g/mol. The molecule has 0 radical (unpaired) electrons. The maximum absolute atomic E-state index is 13.3. The second-order valence-electron chi connectivity index (χ2n) is 7.08. The van der Waals surface area contributed by atoms with Crippen LogP contribution in [0.2, 0.25) is 0 Å². The number of rotatable bonds is 5. The minimum absolute atomic E-state index is 0.0885. The fourth-order valence-corrected chi connectivity index (χ4v) is 3.67. The molecule has 5 nitrogen and oxygen atoms in total. The number of aromatic nitrogens is 2. The lowest BCUT2D eigenvalue weighted by atomic mass is 9.83. The van der Waals surface area contributed by atoms with E-state index in [9.17, 15) is 4.79 Å². The maximum Gasteiger partial charge on any atom is 0.231 e. The van der Waals surface area contributed by atoms with Crippen LogP contribution in [-0.4, -0.2) is 34.0 Å². The van der Waals surface area contributed by atoms with Gasteiger partial charge in [-0.1, -0.05) is 55.8 Å². The lowest BCUT2D eigenvalue weighted by Crippen LogP contribution is -2.43. The van der Waals surface area contributed by atoms with Gasteiger partial charge in [0.15, 0.2) is 5.82 Å². The Hall–Kier alpha value is -2.17. The zero-order chi connectivity index (χ0) is 17.8. The molecule has 0 bridgehead atoms. The van der Waals surface area contributed by atoms with Crippen molar-refractivity contribution in [2.24, 2.45) is 5.92 Å². The van der Waals surface area contributed by atoms with Crippen molar-refractivity contribution in [3.63, 3.8) is 0 Å². The number of nitrogens with zero attached hydrogens (tertiary/aromatic N) is 3. The van der Waals surface area contributed by atoms with Gasteiger partial charge >= 0.3 is 0 Å². The van der Waals surface area contributed by atoms with Crippen LogP contribution in [0.25, 0.3) is 0 Å². The summed E-state index contributed by atoms with van der Waals surface area (Å²) in [6.07, 6.45) is 2.94. The number of amides is 1. The Morgan fingerprint density at radius 1 is 1.36 bits per heavy atom. The van der Waals surface area contributed by atoms with Crippen LogP contribution in [0.15, 0.2) is 34.9 Å². The first kappa shape index (κ1) is 17.6. The van der Waals surface area contributed by atoms with Crippen LogP contribution in [0.3, 0.4) is 0 Å². The minimum atomic E-state index is -0.0885. The van der Waals surface area contributed by atoms with Crippen LogP contribution < -0.4 is 0 Å². The summed E-state index contributed by atoms with van der Waals surface area (Å²) in [4.78, 5) is 19.7. The van der Waals surface area contributed by atoms with E-state index in [4.69, 9.17) is 4.52 Å². The third kappa shape index (κ3) is 3.91. The van der Waals surface area contributed by atoms with Gasteiger partial charge in [-0.05, 0) is 31.2 Å². The van der Waals surface area contributed by atoms with Gasteiger partial charge in [0.25, 0.3) is 0 Å². The van der Waals surface area contributed by atoms with Gasteiger partial charge in [-0.15, -0.1) is 0 Å². The second-order valence-corrected chi connectivity index (χ2v) is 7.08. The van der Waals surface area contributed by atoms with Crippen molar-refractivity contribution in [1.29, 1.82) is 0 Å². The lowest BCUT2D eigenvalue weighted by Gasteiger charge is -2.35. The standard InChI is InChI=1S/C20H27N3O2/c1-4-14(2)18(16-9-6-5-7-10-16)20(24)23-12-8-11-17(13-23)19-21-15(3)22-25-19/h5-7,9-10,14,17-18H,4,8,11-13H2,1-3H3/t14-,17-,18-/m0/s1. The molecule has 0 unspecified atom stereocenters. The largest absolute Gasteiger partial charge is 0.341 e. The SMILES string of the molecule is CC[C@H](C)[C@H](C(=O)N1CCC[C@H](c2nc(C)no2)C1)c1ccccc1. The summed E-state index contributed by atoms with van der Waals surface area (Å²) in [7, 11) is 0. The highest BCUT2D eigenvalue weighted by molar-refractivity contribution is 5.84. The molecule has 134 valence electrons. The summed E-state index contributed by atoms with van der Waals surface area (Å²) >= 11 is 0. The van der Waals surface area contributed by atoms with E-state index < -0.39 is 0 Å². The Kier molecular flexibility index (Phi) is 5.51. The summed E-state index contributed by atoms with van der Waals surface area (Å²) in [6, 6.07) is 10.2. The van der Waals surface area contributed by atoms with E-state index in [0.29, 0.717) is 24.2 Å². The molecule has 1 aliphatic heterocycles. The summed E-state index contributed by atoms with van der Waals surface area (Å²) in [5.41, 5.74) is 1.11. The highest BCUT2D eigenvalue weighted by Gasteiger charge is 2.34. The van der Waals surface area contributed by atoms with Crippen molar-refractivity contribution in [2.75, 3.05) is 13.1 Å². The number of benzene rings is 1. The number of piperidine rings is 1. The molecule has 1 amide bonds. The van der Waals surface area contributed by atoms with Crippen molar-refractivity contribution >= 4 is 5.91 Å². The van der Waals surface area contributed by atoms with Crippen molar-refractivity contribution in [1.82, 2.24) is 15.0 Å². The topological polar surface area (TPSA) is 59.2 Å². The van der Waals surface area contributed by atoms with Gasteiger partial charge in [0.1, 0.15) is 0 Å². The summed E-state index contributed by atoms with van der Waals surface area (Å²) in [5.74, 6) is 1.90. The Morgan fingerprint density at radius 3 is 2.76 bits per heavy atom. The molecule has 1 fully saturated rings. The van der Waals surface area contributed by atoms with Crippen LogP contribution in [0.4, 0.5) is 0 Å². The average Bonchev–Trinajstić information content (AvgIpc) is 3.09. The summed E-state index contributed by atoms with van der Waals surface area (Å²) in [5, 5.41) is 3.90. The molecule has 0 spiro atoms. The molecule has 1 saturated heterocycles. The quantitative estimate of drug-likeness (QED) is 0.827. The first-order chi connectivity index (χ1) is 12.1. The van der Waals surface area contributed by atoms with Gasteiger partial charge in [0, 0.05) is 13.1 Å². The molecule has 1 aromatic carbocycles. The number of aryl methyl sites for hydroxylation is 1. The second kappa shape index (κ2) is 7.81. The van der Waals surface area contributed by atoms with Crippen molar-refractivity contribution < 1.29 is 9.32 Å². The monoisotopic (exact) mass is 341 g/mol. The van der Waals surface area contributed by atoms with Crippen LogP contribution in [-0.2, 0) is 4.79 Å². The first-order valence-electron chi connectivity index (χ1n) is 9.24. The van der Waals surface area contributed by atoms with Gasteiger partial charge in [0.05, 0.1) is 11.8 Å². The van der Waals surface area contributed by atoms with E-state index in [0.717, 1.165) is 31.4 Å². The smallest absolute Gasteiger partial charge is 0.231 e. The molecule has 3 atom stereocenters. The Bertz CT molecular complexity index is 698. The van der Waals surface area contributed by atoms with Crippen molar-refractivity contribution in [2.45, 2.75) is 51.9 Å². The zero-order valence-electron chi connectivity index (χ0n) is 15.3. The van der Waals surface area contributed by atoms with Gasteiger partial charge in [-0.25, -0.2) is 0 Å². The molecule has 0 saturated carbocycles. The molecule has 25 heavy (non-hydrogen) atoms. The average molecular weight is 341 g/mol. The third-order valence-corrected chi connectivity index (χ3v) is 5.26. The van der Waals surface area contributed by atoms with Crippen molar-refractivity contribution in [3.05, 3.63) is 47.6 Å². The molecule has 0 aliphatic carbocycles. The van der Waals surface area contributed by atoms with E-state index in [1.165, 1.54) is 0 Å². The van der Waals surface area contributed by atoms with Crippen LogP contribution in [0.5, 0.6) is 0 Å². The van der Waals surface area contributed by atoms with Crippen LogP contribution in [0.1, 0.15) is 62.2 Å². The Balaban J connectivity index is 1.79. The number of carbonyl (C=O) groups excluding carboxylic acids is 1. The Morgan fingerprint density at radius 2 is 2.12 bits per heavy atom. The molecule has 2 heterocycles. The van der Waals surface area contributed by atoms with E-state index >= 15 is 0 Å². The van der Waals surface area contributed by atoms with Crippen LogP contribution in [0, 0.1) is 12.8 Å². The summed E-state index contributed by atoms with van der Waals surface area (Å²) in [6.45, 7) is 7.61. The van der Waals surface area contributed by atoms with E-state index in [1.54, 1.807) is 0 Å². The van der Waals surface area contributed by atoms with Gasteiger partial charge in [-0.2, -0.15) is 4.98 Å². The van der Waals surface area contributed by atoms with Gasteiger partial charge in [-0.3, -0.25) is 4.79 Å². The number of hydrogen-bond donors (Lipinski definition) is 0. The normalized spacial score (nSPS) is 20.3. The number of likely N-dealkylation sites (tertiary alicyclic amines) is 1. The highest BCUT2D eigenvalue weighted by Crippen LogP contribution is 2.32. The van der Waals surface area contributed by atoms with Gasteiger partial charge in [0.2, 0.25) is 11.8 Å². The lowest BCUT2D eigenvalue weighted by molar-refractivity contribution is -0.135. The van der Waals surface area contributed by atoms with E-state index in [1.807, 2.05) is 30.0 Å². The predicted octanol–water partition coefficient (Wildman–Crippen LogP) is 3.91. The molecule has 3 rings (SSSR count). The molecule has 5 heteroatoms. The molecular formula is C20H27N3O2. The highest BCUT2D eigenvalue weighted by atomic mass is 16.5. The third-order valence-electron chi connectivity index (χ3n) is 5.26. The zero-order valence-corrected chi connectivity index (χ0v) is 15.3. The van der Waals surface area contributed by atoms with Gasteiger partial charge < -0.3 is 9.42 Å². The van der Waals surface area contributed by atoms with E-state index in [-0.39, 0.29) is 17.7 Å². The fourth-order valence-electron chi connectivity index (χ4n) is 3.67. The predicted molar refractivity (Wildman–Crippen MR) is 96.2 cm³/mol. The summed E-state index contributed by atoms with van der Waals surface area (Å²) < 4.78 is 5.35. The Labute approximate surface area is 149 Å². The molecule has 1 aromatic heterocycles.